The fourth-order valence-electron chi connectivity index (χ4n) is 3.17. The Morgan fingerprint density at radius 3 is 1.85 bits per heavy atom. The lowest BCUT2D eigenvalue weighted by Crippen LogP contribution is -2.29. The maximum atomic E-state index is 11.2. The molecule has 0 rings (SSSR count). The highest BCUT2D eigenvalue weighted by Gasteiger charge is 2.02. The Kier molecular flexibility index (Phi) is 24.2. The number of rotatable bonds is 20. The number of aliphatic hydroxyl groups excluding tert-OH is 1. The second kappa shape index (κ2) is 22.6. The molecule has 2 N–H and O–H groups in total. The third-order valence-corrected chi connectivity index (χ3v) is 4.99. The molecule has 0 aromatic heterocycles. The molecule has 1 unspecified atom stereocenters. The molecule has 0 aliphatic heterocycles. The monoisotopic (exact) mass is 373 g/mol. The van der Waals surface area contributed by atoms with Gasteiger partial charge in [-0.3, -0.25) is 10.1 Å². The summed E-state index contributed by atoms with van der Waals surface area (Å²) in [5, 5.41) is 13.1. The third-order valence-electron chi connectivity index (χ3n) is 4.99. The highest BCUT2D eigenvalue weighted by atomic mass is 16.3. The second-order valence-electron chi connectivity index (χ2n) is 7.50. The topological polar surface area (TPSA) is 49.3 Å². The van der Waals surface area contributed by atoms with Gasteiger partial charge in [-0.1, -0.05) is 91.9 Å². The molecule has 0 saturated carbocycles. The fourth-order valence-corrected chi connectivity index (χ4v) is 3.17. The van der Waals surface area contributed by atoms with E-state index in [0.29, 0.717) is 12.2 Å². The zero-order valence-corrected chi connectivity index (χ0v) is 17.2. The summed E-state index contributed by atoms with van der Waals surface area (Å²) in [7, 11) is 0. The molecule has 0 heterocycles. The van der Waals surface area contributed by atoms with Crippen LogP contribution >= 0.6 is 0 Å². The van der Waals surface area contributed by atoms with E-state index in [1.54, 1.807) is 0 Å². The summed E-state index contributed by atoms with van der Waals surface area (Å²) in [4.78, 5) is 11.2. The van der Waals surface area contributed by atoms with Crippen LogP contribution in [0.4, 0.5) is 0 Å². The van der Waals surface area contributed by atoms with Gasteiger partial charge in [0.1, 0.15) is 12.0 Å². The molecule has 26 heavy (non-hydrogen) atoms. The number of unbranched alkanes of at least 4 members (excludes halogenated alkanes) is 12. The number of hydrogen-bond acceptors (Lipinski definition) is 3. The molecule has 160 valence electrons. The number of carbonyl (C=O) groups excluding carboxylic acids is 1. The van der Waals surface area contributed by atoms with Gasteiger partial charge in [0, 0.05) is 14.3 Å². The smallest absolute Gasteiger partial charge is 0.132 e. The first kappa shape index (κ1) is 27.8. The van der Waals surface area contributed by atoms with Crippen LogP contribution in [-0.2, 0) is 4.79 Å². The van der Waals surface area contributed by atoms with E-state index in [9.17, 15) is 9.90 Å². The van der Waals surface area contributed by atoms with Gasteiger partial charge in [0.05, 0.1) is 0 Å². The van der Waals surface area contributed by atoms with Gasteiger partial charge < -0.3 is 5.11 Å². The lowest BCUT2D eigenvalue weighted by Gasteiger charge is -2.12. The molecule has 0 aromatic rings. The van der Waals surface area contributed by atoms with Crippen molar-refractivity contribution in [3.05, 3.63) is 0 Å². The van der Waals surface area contributed by atoms with E-state index in [1.165, 1.54) is 77.0 Å². The average molecular weight is 374 g/mol. The SMILES string of the molecule is C.CCCCCCNC(O)CCCCCCCCCCCCC(=O)CC.[HH]. The summed E-state index contributed by atoms with van der Waals surface area (Å²) in [6.07, 6.45) is 19.7. The molecule has 0 aliphatic rings. The van der Waals surface area contributed by atoms with E-state index in [1.807, 2.05) is 6.92 Å². The van der Waals surface area contributed by atoms with Crippen molar-refractivity contribution >= 4 is 5.78 Å². The first-order valence-corrected chi connectivity index (χ1v) is 11.1. The van der Waals surface area contributed by atoms with E-state index < -0.39 is 0 Å². The van der Waals surface area contributed by atoms with Gasteiger partial charge in [0.2, 0.25) is 0 Å². The Morgan fingerprint density at radius 1 is 0.808 bits per heavy atom. The average Bonchev–Trinajstić information content (AvgIpc) is 2.62. The Labute approximate surface area is 166 Å². The van der Waals surface area contributed by atoms with E-state index in [-0.39, 0.29) is 15.1 Å². The molecule has 3 nitrogen and oxygen atoms in total. The van der Waals surface area contributed by atoms with E-state index in [2.05, 4.69) is 12.2 Å². The quantitative estimate of drug-likeness (QED) is 0.178. The van der Waals surface area contributed by atoms with Gasteiger partial charge in [-0.25, -0.2) is 0 Å². The summed E-state index contributed by atoms with van der Waals surface area (Å²) < 4.78 is 0. The van der Waals surface area contributed by atoms with Crippen LogP contribution in [0.1, 0.15) is 132 Å². The zero-order chi connectivity index (χ0) is 18.6. The minimum Gasteiger partial charge on any atom is -0.379 e. The highest BCUT2D eigenvalue weighted by Crippen LogP contribution is 2.12. The Bertz CT molecular complexity index is 288. The standard InChI is InChI=1S/C22H45NO2.CH4.H2/c1-3-5-6-17-20-23-22(25)19-16-14-12-10-8-7-9-11-13-15-18-21(24)4-2;;/h22-23,25H,3-20H2,1-2H3;1H4;1H. The summed E-state index contributed by atoms with van der Waals surface area (Å²) >= 11 is 0. The molecule has 3 heteroatoms. The maximum Gasteiger partial charge on any atom is 0.132 e. The molecule has 0 fully saturated rings. The molecular formula is C23H51NO2. The van der Waals surface area contributed by atoms with Gasteiger partial charge in [0.15, 0.2) is 0 Å². The molecule has 0 saturated heterocycles. The van der Waals surface area contributed by atoms with Gasteiger partial charge >= 0.3 is 0 Å². The molecule has 1 atom stereocenters. The lowest BCUT2D eigenvalue weighted by atomic mass is 10.0. The van der Waals surface area contributed by atoms with Crippen LogP contribution in [0.3, 0.4) is 0 Å². The van der Waals surface area contributed by atoms with Crippen LogP contribution in [0.2, 0.25) is 0 Å². The molecule has 0 aromatic carbocycles. The van der Waals surface area contributed by atoms with Crippen LogP contribution < -0.4 is 5.32 Å². The van der Waals surface area contributed by atoms with E-state index in [4.69, 9.17) is 0 Å². The fraction of sp³-hybridized carbons (Fsp3) is 0.957. The van der Waals surface area contributed by atoms with Crippen molar-refractivity contribution in [1.29, 1.82) is 0 Å². The van der Waals surface area contributed by atoms with Gasteiger partial charge in [-0.15, -0.1) is 0 Å². The number of aliphatic hydroxyl groups is 1. The first-order chi connectivity index (χ1) is 12.2. The van der Waals surface area contributed by atoms with Crippen molar-refractivity contribution in [2.24, 2.45) is 0 Å². The summed E-state index contributed by atoms with van der Waals surface area (Å²) in [5.74, 6) is 0.414. The third kappa shape index (κ3) is 21.6. The lowest BCUT2D eigenvalue weighted by molar-refractivity contribution is -0.118. The number of Topliss-reactive ketones (excluding diaryl/α,β-unsaturated/α-hetero) is 1. The predicted molar refractivity (Wildman–Crippen MR) is 118 cm³/mol. The normalized spacial score (nSPS) is 12.0. The molecular weight excluding hydrogens is 322 g/mol. The number of ketones is 1. The first-order valence-electron chi connectivity index (χ1n) is 11.1. The Balaban J connectivity index is -0.00000288. The van der Waals surface area contributed by atoms with Gasteiger partial charge in [0.25, 0.3) is 0 Å². The van der Waals surface area contributed by atoms with Crippen molar-refractivity contribution in [3.8, 4) is 0 Å². The highest BCUT2D eigenvalue weighted by molar-refractivity contribution is 5.77. The molecule has 0 radical (unpaired) electrons. The van der Waals surface area contributed by atoms with Crippen LogP contribution in [0.5, 0.6) is 0 Å². The Morgan fingerprint density at radius 2 is 1.31 bits per heavy atom. The maximum absolute atomic E-state index is 11.2. The molecule has 0 spiro atoms. The van der Waals surface area contributed by atoms with E-state index >= 15 is 0 Å². The molecule has 0 bridgehead atoms. The predicted octanol–water partition coefficient (Wildman–Crippen LogP) is 7.02. The largest absolute Gasteiger partial charge is 0.379 e. The van der Waals surface area contributed by atoms with Crippen molar-refractivity contribution in [3.63, 3.8) is 0 Å². The van der Waals surface area contributed by atoms with Crippen LogP contribution in [-0.4, -0.2) is 23.7 Å². The molecule has 0 aliphatic carbocycles. The Hall–Kier alpha value is -0.410. The summed E-state index contributed by atoms with van der Waals surface area (Å²) in [6, 6.07) is 0. The van der Waals surface area contributed by atoms with Crippen molar-refractivity contribution < 1.29 is 11.3 Å². The van der Waals surface area contributed by atoms with Crippen LogP contribution in [0, 0.1) is 0 Å². The van der Waals surface area contributed by atoms with Crippen LogP contribution in [0.15, 0.2) is 0 Å². The minimum atomic E-state index is -0.304. The number of carbonyl (C=O) groups is 1. The van der Waals surface area contributed by atoms with Crippen LogP contribution in [0.25, 0.3) is 0 Å². The number of nitrogens with one attached hydrogen (secondary N) is 1. The molecule has 0 amide bonds. The van der Waals surface area contributed by atoms with Crippen molar-refractivity contribution in [2.75, 3.05) is 6.54 Å². The summed E-state index contributed by atoms with van der Waals surface area (Å²) in [6.45, 7) is 5.13. The van der Waals surface area contributed by atoms with E-state index in [0.717, 1.165) is 32.2 Å². The zero-order valence-electron chi connectivity index (χ0n) is 17.2. The van der Waals surface area contributed by atoms with Crippen molar-refractivity contribution in [1.82, 2.24) is 5.32 Å². The van der Waals surface area contributed by atoms with Gasteiger partial charge in [-0.05, 0) is 32.2 Å². The number of hydrogen-bond donors (Lipinski definition) is 2. The second-order valence-corrected chi connectivity index (χ2v) is 7.50. The summed E-state index contributed by atoms with van der Waals surface area (Å²) in [5.41, 5.74) is 0. The minimum absolute atomic E-state index is 0. The van der Waals surface area contributed by atoms with Crippen molar-refractivity contribution in [2.45, 2.75) is 137 Å². The van der Waals surface area contributed by atoms with Gasteiger partial charge in [-0.2, -0.15) is 0 Å².